The molecule has 0 aliphatic carbocycles. The van der Waals surface area contributed by atoms with Crippen molar-refractivity contribution in [2.75, 3.05) is 6.61 Å². The van der Waals surface area contributed by atoms with E-state index in [9.17, 15) is 9.59 Å². The van der Waals surface area contributed by atoms with Crippen LogP contribution in [0.15, 0.2) is 29.4 Å². The van der Waals surface area contributed by atoms with E-state index < -0.39 is 11.2 Å². The lowest BCUT2D eigenvalue weighted by molar-refractivity contribution is 0.0525. The number of aryl methyl sites for hydroxylation is 2. The van der Waals surface area contributed by atoms with Crippen LogP contribution in [-0.4, -0.2) is 48.2 Å². The number of hydrogen-bond donors (Lipinski definition) is 1. The molecule has 0 spiro atoms. The molecule has 0 bridgehead atoms. The monoisotopic (exact) mass is 437 g/mol. The van der Waals surface area contributed by atoms with E-state index in [4.69, 9.17) is 9.72 Å². The Kier molecular flexibility index (Phi) is 5.53. The number of esters is 1. The first-order chi connectivity index (χ1) is 14.8. The molecule has 0 amide bonds. The highest BCUT2D eigenvalue weighted by molar-refractivity contribution is 8.00. The number of carbonyl (C=O) groups is 2. The minimum absolute atomic E-state index is 0.124. The van der Waals surface area contributed by atoms with E-state index in [1.165, 1.54) is 11.8 Å². The smallest absolute Gasteiger partial charge is 0.340 e. The first-order valence-corrected chi connectivity index (χ1v) is 10.9. The Balaban J connectivity index is 1.69. The number of ether oxygens (including phenoxy) is 1. The van der Waals surface area contributed by atoms with Gasteiger partial charge < -0.3 is 9.72 Å². The number of para-hydroxylation sites is 1. The van der Waals surface area contributed by atoms with E-state index in [-0.39, 0.29) is 12.4 Å². The van der Waals surface area contributed by atoms with Gasteiger partial charge in [-0.1, -0.05) is 23.9 Å². The fraction of sp³-hybridized carbons (Fsp3) is 0.318. The molecule has 8 nitrogen and oxygen atoms in total. The SMILES string of the molecule is CCOC(=O)c1c(C)[nH]c(C(=O)[C@H](C)Sc2nc3ccccc3c3nc(C)nn23)c1C. The van der Waals surface area contributed by atoms with Crippen molar-refractivity contribution in [3.63, 3.8) is 0 Å². The van der Waals surface area contributed by atoms with Crippen LogP contribution in [0.25, 0.3) is 16.6 Å². The quantitative estimate of drug-likeness (QED) is 0.210. The molecule has 0 aliphatic rings. The summed E-state index contributed by atoms with van der Waals surface area (Å²) in [4.78, 5) is 37.8. The van der Waals surface area contributed by atoms with E-state index in [0.717, 1.165) is 10.9 Å². The summed E-state index contributed by atoms with van der Waals surface area (Å²) in [7, 11) is 0. The Labute approximate surface area is 183 Å². The molecule has 0 fully saturated rings. The first-order valence-electron chi connectivity index (χ1n) is 10.0. The van der Waals surface area contributed by atoms with Crippen LogP contribution in [0.4, 0.5) is 0 Å². The molecule has 0 saturated carbocycles. The van der Waals surface area contributed by atoms with Crippen molar-refractivity contribution in [1.29, 1.82) is 0 Å². The fourth-order valence-corrected chi connectivity index (χ4v) is 4.55. The zero-order valence-corrected chi connectivity index (χ0v) is 18.8. The van der Waals surface area contributed by atoms with Gasteiger partial charge in [0, 0.05) is 11.1 Å². The number of ketones is 1. The minimum atomic E-state index is -0.465. The number of fused-ring (bicyclic) bond motifs is 3. The van der Waals surface area contributed by atoms with Crippen molar-refractivity contribution in [1.82, 2.24) is 24.6 Å². The molecule has 3 heterocycles. The maximum absolute atomic E-state index is 13.2. The summed E-state index contributed by atoms with van der Waals surface area (Å²) in [6, 6.07) is 7.72. The number of rotatable bonds is 6. The minimum Gasteiger partial charge on any atom is -0.462 e. The second-order valence-electron chi connectivity index (χ2n) is 7.28. The van der Waals surface area contributed by atoms with Gasteiger partial charge in [0.15, 0.2) is 16.6 Å². The van der Waals surface area contributed by atoms with Gasteiger partial charge in [-0.2, -0.15) is 4.52 Å². The third-order valence-electron chi connectivity index (χ3n) is 5.07. The lowest BCUT2D eigenvalue weighted by atomic mass is 10.1. The summed E-state index contributed by atoms with van der Waals surface area (Å²) in [6.45, 7) is 9.20. The lowest BCUT2D eigenvalue weighted by Crippen LogP contribution is -2.17. The van der Waals surface area contributed by atoms with Crippen LogP contribution >= 0.6 is 11.8 Å². The van der Waals surface area contributed by atoms with Gasteiger partial charge in [0.1, 0.15) is 5.82 Å². The Morgan fingerprint density at radius 3 is 2.68 bits per heavy atom. The predicted molar refractivity (Wildman–Crippen MR) is 119 cm³/mol. The van der Waals surface area contributed by atoms with Crippen LogP contribution in [-0.2, 0) is 4.74 Å². The van der Waals surface area contributed by atoms with Crippen molar-refractivity contribution < 1.29 is 14.3 Å². The molecule has 4 rings (SSSR count). The lowest BCUT2D eigenvalue weighted by Gasteiger charge is -2.11. The van der Waals surface area contributed by atoms with E-state index in [1.807, 2.05) is 38.1 Å². The average Bonchev–Trinajstić information content (AvgIpc) is 3.27. The number of thioether (sulfide) groups is 1. The number of nitrogens with zero attached hydrogens (tertiary/aromatic N) is 4. The normalized spacial score (nSPS) is 12.4. The zero-order valence-electron chi connectivity index (χ0n) is 18.0. The molecule has 0 aliphatic heterocycles. The summed E-state index contributed by atoms with van der Waals surface area (Å²) in [5.41, 5.74) is 3.55. The van der Waals surface area contributed by atoms with Gasteiger partial charge in [-0.25, -0.2) is 14.8 Å². The van der Waals surface area contributed by atoms with E-state index >= 15 is 0 Å². The fourth-order valence-electron chi connectivity index (χ4n) is 3.63. The second kappa shape index (κ2) is 8.14. The van der Waals surface area contributed by atoms with Gasteiger partial charge in [0.05, 0.1) is 28.6 Å². The van der Waals surface area contributed by atoms with Crippen LogP contribution in [0.2, 0.25) is 0 Å². The first kappa shape index (κ1) is 21.0. The summed E-state index contributed by atoms with van der Waals surface area (Å²) >= 11 is 1.31. The number of hydrogen-bond acceptors (Lipinski definition) is 7. The Bertz CT molecular complexity index is 1320. The highest BCUT2D eigenvalue weighted by atomic mass is 32.2. The molecular formula is C22H23N5O3S. The molecule has 0 radical (unpaired) electrons. The highest BCUT2D eigenvalue weighted by Crippen LogP contribution is 2.29. The predicted octanol–water partition coefficient (Wildman–Crippen LogP) is 4.07. The van der Waals surface area contributed by atoms with Crippen LogP contribution < -0.4 is 0 Å². The van der Waals surface area contributed by atoms with Crippen molar-refractivity contribution >= 4 is 40.1 Å². The van der Waals surface area contributed by atoms with Gasteiger partial charge in [-0.05, 0) is 52.3 Å². The molecule has 4 aromatic rings. The number of carbonyl (C=O) groups excluding carboxylic acids is 2. The summed E-state index contributed by atoms with van der Waals surface area (Å²) in [5.74, 6) is 0.0825. The van der Waals surface area contributed by atoms with Gasteiger partial charge >= 0.3 is 5.97 Å². The van der Waals surface area contributed by atoms with E-state index in [1.54, 1.807) is 25.3 Å². The topological polar surface area (TPSA) is 102 Å². The third kappa shape index (κ3) is 3.69. The van der Waals surface area contributed by atoms with E-state index in [0.29, 0.717) is 39.1 Å². The third-order valence-corrected chi connectivity index (χ3v) is 6.11. The number of nitrogens with one attached hydrogen (secondary N) is 1. The molecule has 1 aromatic carbocycles. The number of Topliss-reactive ketones (excluding diaryl/α,β-unsaturated/α-hetero) is 1. The van der Waals surface area contributed by atoms with Crippen LogP contribution in [0, 0.1) is 20.8 Å². The average molecular weight is 438 g/mol. The number of H-pyrrole nitrogens is 1. The molecule has 1 atom stereocenters. The van der Waals surface area contributed by atoms with Crippen LogP contribution in [0.5, 0.6) is 0 Å². The maximum atomic E-state index is 13.2. The number of aromatic amines is 1. The maximum Gasteiger partial charge on any atom is 0.340 e. The van der Waals surface area contributed by atoms with Crippen molar-refractivity contribution in [2.45, 2.75) is 45.0 Å². The van der Waals surface area contributed by atoms with Gasteiger partial charge in [0.25, 0.3) is 0 Å². The van der Waals surface area contributed by atoms with Crippen molar-refractivity contribution in [3.05, 3.63) is 52.6 Å². The summed E-state index contributed by atoms with van der Waals surface area (Å²) < 4.78 is 6.81. The molecule has 0 saturated heterocycles. The van der Waals surface area contributed by atoms with Crippen LogP contribution in [0.1, 0.15) is 51.8 Å². The Morgan fingerprint density at radius 1 is 1.19 bits per heavy atom. The Morgan fingerprint density at radius 2 is 1.94 bits per heavy atom. The van der Waals surface area contributed by atoms with E-state index in [2.05, 4.69) is 15.1 Å². The zero-order chi connectivity index (χ0) is 22.3. The summed E-state index contributed by atoms with van der Waals surface area (Å²) in [5, 5.41) is 5.49. The largest absolute Gasteiger partial charge is 0.462 e. The molecule has 9 heteroatoms. The van der Waals surface area contributed by atoms with Gasteiger partial charge in [0.2, 0.25) is 0 Å². The second-order valence-corrected chi connectivity index (χ2v) is 8.58. The highest BCUT2D eigenvalue weighted by Gasteiger charge is 2.27. The van der Waals surface area contributed by atoms with Gasteiger partial charge in [-0.15, -0.1) is 5.10 Å². The molecule has 3 aromatic heterocycles. The van der Waals surface area contributed by atoms with Gasteiger partial charge in [-0.3, -0.25) is 4.79 Å². The van der Waals surface area contributed by atoms with Crippen molar-refractivity contribution in [2.24, 2.45) is 0 Å². The molecule has 160 valence electrons. The standard InChI is InChI=1S/C22H23N5O3S/c1-6-30-21(29)17-11(2)18(23-12(17)3)19(28)13(4)31-22-25-16-10-8-7-9-15(16)20-24-14(5)26-27(20)22/h7-10,13,23H,6H2,1-5H3/t13-/m0/s1. The number of benzene rings is 1. The molecule has 0 unspecified atom stereocenters. The molecule has 1 N–H and O–H groups in total. The molecular weight excluding hydrogens is 414 g/mol. The number of aromatic nitrogens is 5. The van der Waals surface area contributed by atoms with Crippen molar-refractivity contribution in [3.8, 4) is 0 Å². The summed E-state index contributed by atoms with van der Waals surface area (Å²) in [6.07, 6.45) is 0. The van der Waals surface area contributed by atoms with Crippen LogP contribution in [0.3, 0.4) is 0 Å². The molecule has 31 heavy (non-hydrogen) atoms. The Hall–Kier alpha value is -3.20.